The highest BCUT2D eigenvalue weighted by molar-refractivity contribution is 6.31. The molecule has 0 saturated heterocycles. The molecule has 0 aliphatic heterocycles. The summed E-state index contributed by atoms with van der Waals surface area (Å²) in [6, 6.07) is 13.3. The number of hydrogen-bond donors (Lipinski definition) is 1. The first-order chi connectivity index (χ1) is 9.16. The van der Waals surface area contributed by atoms with Crippen LogP contribution in [-0.2, 0) is 0 Å². The summed E-state index contributed by atoms with van der Waals surface area (Å²) in [7, 11) is 0. The van der Waals surface area contributed by atoms with Gasteiger partial charge in [0.15, 0.2) is 0 Å². The van der Waals surface area contributed by atoms with E-state index in [2.05, 4.69) is 0 Å². The third-order valence-corrected chi connectivity index (χ3v) is 3.06. The van der Waals surface area contributed by atoms with Gasteiger partial charge in [-0.25, -0.2) is 4.39 Å². The highest BCUT2D eigenvalue weighted by Gasteiger charge is 2.12. The average molecular weight is 281 g/mol. The number of halogens is 2. The van der Waals surface area contributed by atoms with Gasteiger partial charge >= 0.3 is 0 Å². The van der Waals surface area contributed by atoms with Gasteiger partial charge in [0.25, 0.3) is 0 Å². The topological polar surface area (TPSA) is 29.5 Å². The van der Waals surface area contributed by atoms with Crippen molar-refractivity contribution < 1.29 is 14.2 Å². The normalized spacial score (nSPS) is 12.2. The molecule has 2 aromatic rings. The minimum Gasteiger partial charge on any atom is -0.493 e. The van der Waals surface area contributed by atoms with Crippen molar-refractivity contribution in [1.82, 2.24) is 0 Å². The molecule has 0 amide bonds. The molecule has 2 nitrogen and oxygen atoms in total. The fourth-order valence-electron chi connectivity index (χ4n) is 1.73. The van der Waals surface area contributed by atoms with Crippen molar-refractivity contribution in [3.8, 4) is 5.75 Å². The fourth-order valence-corrected chi connectivity index (χ4v) is 1.97. The van der Waals surface area contributed by atoms with E-state index < -0.39 is 11.9 Å². The number of para-hydroxylation sites is 1. The molecule has 0 aliphatic carbocycles. The second kappa shape index (κ2) is 6.55. The number of ether oxygens (including phenoxy) is 1. The van der Waals surface area contributed by atoms with Crippen molar-refractivity contribution in [2.75, 3.05) is 6.61 Å². The number of rotatable bonds is 5. The maximum atomic E-state index is 13.1. The van der Waals surface area contributed by atoms with Gasteiger partial charge in [-0.1, -0.05) is 29.8 Å². The van der Waals surface area contributed by atoms with Gasteiger partial charge in [-0.05, 0) is 30.3 Å². The van der Waals surface area contributed by atoms with Crippen molar-refractivity contribution >= 4 is 11.6 Å². The van der Waals surface area contributed by atoms with E-state index in [0.717, 1.165) is 5.75 Å². The van der Waals surface area contributed by atoms with Gasteiger partial charge in [-0.3, -0.25) is 0 Å². The lowest BCUT2D eigenvalue weighted by Crippen LogP contribution is -2.06. The standard InChI is InChI=1S/C15H14ClFO2/c16-14-7-6-11(17)10-13(14)15(18)8-9-19-12-4-2-1-3-5-12/h1-7,10,15,18H,8-9H2. The van der Waals surface area contributed by atoms with Crippen molar-refractivity contribution in [1.29, 1.82) is 0 Å². The van der Waals surface area contributed by atoms with Crippen LogP contribution in [0.4, 0.5) is 4.39 Å². The SMILES string of the molecule is OC(CCOc1ccccc1)c1cc(F)ccc1Cl. The molecule has 0 aromatic heterocycles. The molecule has 0 fully saturated rings. The van der Waals surface area contributed by atoms with E-state index >= 15 is 0 Å². The highest BCUT2D eigenvalue weighted by Crippen LogP contribution is 2.26. The van der Waals surface area contributed by atoms with Crippen molar-refractivity contribution in [3.63, 3.8) is 0 Å². The van der Waals surface area contributed by atoms with E-state index in [1.165, 1.54) is 18.2 Å². The van der Waals surface area contributed by atoms with Crippen LogP contribution in [0.3, 0.4) is 0 Å². The van der Waals surface area contributed by atoms with Gasteiger partial charge in [0.05, 0.1) is 12.7 Å². The third-order valence-electron chi connectivity index (χ3n) is 2.72. The second-order valence-electron chi connectivity index (χ2n) is 4.13. The molecule has 1 atom stereocenters. The first kappa shape index (κ1) is 13.8. The summed E-state index contributed by atoms with van der Waals surface area (Å²) in [6.45, 7) is 0.331. The summed E-state index contributed by atoms with van der Waals surface area (Å²) in [4.78, 5) is 0. The van der Waals surface area contributed by atoms with Crippen LogP contribution in [0.2, 0.25) is 5.02 Å². The Balaban J connectivity index is 1.91. The molecule has 0 aliphatic rings. The van der Waals surface area contributed by atoms with Gasteiger partial charge in [0.2, 0.25) is 0 Å². The maximum absolute atomic E-state index is 13.1. The molecule has 1 unspecified atom stereocenters. The molecule has 4 heteroatoms. The Bertz CT molecular complexity index is 531. The first-order valence-electron chi connectivity index (χ1n) is 5.97. The third kappa shape index (κ3) is 3.94. The van der Waals surface area contributed by atoms with Gasteiger partial charge in [0, 0.05) is 17.0 Å². The quantitative estimate of drug-likeness (QED) is 0.898. The van der Waals surface area contributed by atoms with Gasteiger partial charge in [-0.2, -0.15) is 0 Å². The van der Waals surface area contributed by atoms with Crippen molar-refractivity contribution in [2.24, 2.45) is 0 Å². The summed E-state index contributed by atoms with van der Waals surface area (Å²) in [5.74, 6) is 0.322. The molecule has 2 rings (SSSR count). The van der Waals surface area contributed by atoms with Crippen LogP contribution in [0.1, 0.15) is 18.1 Å². The van der Waals surface area contributed by atoms with E-state index in [1.54, 1.807) is 0 Å². The first-order valence-corrected chi connectivity index (χ1v) is 6.35. The lowest BCUT2D eigenvalue weighted by atomic mass is 10.1. The van der Waals surface area contributed by atoms with Crippen LogP contribution in [0, 0.1) is 5.82 Å². The summed E-state index contributed by atoms with van der Waals surface area (Å²) in [5, 5.41) is 10.3. The predicted octanol–water partition coefficient (Wildman–Crippen LogP) is 3.98. The van der Waals surface area contributed by atoms with Crippen LogP contribution >= 0.6 is 11.6 Å². The lowest BCUT2D eigenvalue weighted by molar-refractivity contribution is 0.140. The highest BCUT2D eigenvalue weighted by atomic mass is 35.5. The van der Waals surface area contributed by atoms with Crippen LogP contribution in [0.5, 0.6) is 5.75 Å². The summed E-state index contributed by atoms with van der Waals surface area (Å²) < 4.78 is 18.6. The average Bonchev–Trinajstić information content (AvgIpc) is 2.42. The molecule has 0 spiro atoms. The second-order valence-corrected chi connectivity index (χ2v) is 4.54. The van der Waals surface area contributed by atoms with E-state index in [-0.39, 0.29) is 0 Å². The number of aliphatic hydroxyl groups is 1. The molecule has 0 radical (unpaired) electrons. The summed E-state index contributed by atoms with van der Waals surface area (Å²) in [6.07, 6.45) is -0.496. The molecule has 1 N–H and O–H groups in total. The molecular formula is C15H14ClFO2. The summed E-state index contributed by atoms with van der Waals surface area (Å²) in [5.41, 5.74) is 0.387. The summed E-state index contributed by atoms with van der Waals surface area (Å²) >= 11 is 5.92. The Morgan fingerprint density at radius 1 is 1.16 bits per heavy atom. The van der Waals surface area contributed by atoms with Crippen molar-refractivity contribution in [3.05, 3.63) is 64.9 Å². The van der Waals surface area contributed by atoms with Gasteiger partial charge in [-0.15, -0.1) is 0 Å². The van der Waals surface area contributed by atoms with Gasteiger partial charge in [0.1, 0.15) is 11.6 Å². The monoisotopic (exact) mass is 280 g/mol. The number of hydrogen-bond acceptors (Lipinski definition) is 2. The van der Waals surface area contributed by atoms with Crippen molar-refractivity contribution in [2.45, 2.75) is 12.5 Å². The maximum Gasteiger partial charge on any atom is 0.123 e. The molecule has 0 saturated carbocycles. The molecule has 0 bridgehead atoms. The van der Waals surface area contributed by atoms with Crippen LogP contribution in [-0.4, -0.2) is 11.7 Å². The van der Waals surface area contributed by atoms with E-state index in [4.69, 9.17) is 16.3 Å². The Hall–Kier alpha value is -1.58. The van der Waals surface area contributed by atoms with Crippen LogP contribution in [0.25, 0.3) is 0 Å². The number of benzene rings is 2. The fraction of sp³-hybridized carbons (Fsp3) is 0.200. The predicted molar refractivity (Wildman–Crippen MR) is 72.9 cm³/mol. The lowest BCUT2D eigenvalue weighted by Gasteiger charge is -2.13. The molecule has 0 heterocycles. The Morgan fingerprint density at radius 3 is 2.63 bits per heavy atom. The Labute approximate surface area is 116 Å². The smallest absolute Gasteiger partial charge is 0.123 e. The Kier molecular flexibility index (Phi) is 4.77. The van der Waals surface area contributed by atoms with E-state index in [9.17, 15) is 9.50 Å². The largest absolute Gasteiger partial charge is 0.493 e. The molecule has 19 heavy (non-hydrogen) atoms. The minimum absolute atomic E-state index is 0.331. The minimum atomic E-state index is -0.841. The molecule has 2 aromatic carbocycles. The van der Waals surface area contributed by atoms with Gasteiger partial charge < -0.3 is 9.84 Å². The molecule has 100 valence electrons. The van der Waals surface area contributed by atoms with Crippen LogP contribution in [0.15, 0.2) is 48.5 Å². The number of aliphatic hydroxyl groups excluding tert-OH is 1. The Morgan fingerprint density at radius 2 is 1.89 bits per heavy atom. The zero-order chi connectivity index (χ0) is 13.7. The van der Waals surface area contributed by atoms with E-state index in [1.807, 2.05) is 30.3 Å². The van der Waals surface area contributed by atoms with E-state index in [0.29, 0.717) is 23.6 Å². The van der Waals surface area contributed by atoms with Crippen LogP contribution < -0.4 is 4.74 Å². The zero-order valence-electron chi connectivity index (χ0n) is 10.2. The molecular weight excluding hydrogens is 267 g/mol. The zero-order valence-corrected chi connectivity index (χ0v) is 11.0.